The Kier molecular flexibility index (Phi) is 8.63. The molecule has 0 spiro atoms. The number of carboxylic acids is 1. The third-order valence-electron chi connectivity index (χ3n) is 6.10. The van der Waals surface area contributed by atoms with Crippen LogP contribution in [0.3, 0.4) is 0 Å². The molecule has 39 heavy (non-hydrogen) atoms. The molecule has 2 aromatic carbocycles. The lowest BCUT2D eigenvalue weighted by Crippen LogP contribution is -2.37. The fraction of sp³-hybridized carbons (Fsp3) is 0.233. The van der Waals surface area contributed by atoms with E-state index in [1.807, 2.05) is 67.0 Å². The number of aromatic nitrogens is 2. The number of carboxylic acid groups (broad SMARTS) is 1. The smallest absolute Gasteiger partial charge is 0.328 e. The molecule has 0 unspecified atom stereocenters. The summed E-state index contributed by atoms with van der Waals surface area (Å²) >= 11 is 0. The highest BCUT2D eigenvalue weighted by molar-refractivity contribution is 5.95. The van der Waals surface area contributed by atoms with Crippen LogP contribution in [0.15, 0.2) is 73.1 Å². The molecule has 0 fully saturated rings. The van der Waals surface area contributed by atoms with Crippen LogP contribution in [0.5, 0.6) is 5.75 Å². The van der Waals surface area contributed by atoms with Crippen molar-refractivity contribution < 1.29 is 24.5 Å². The van der Waals surface area contributed by atoms with Crippen molar-refractivity contribution in [1.82, 2.24) is 14.7 Å². The number of nitrogens with two attached hydrogens (primary N) is 1. The number of ether oxygens (including phenoxy) is 1. The Hall–Kier alpha value is -4.63. The van der Waals surface area contributed by atoms with Crippen LogP contribution in [0.25, 0.3) is 23.0 Å². The summed E-state index contributed by atoms with van der Waals surface area (Å²) in [4.78, 5) is 28.5. The van der Waals surface area contributed by atoms with E-state index >= 15 is 0 Å². The lowest BCUT2D eigenvalue weighted by atomic mass is 10.0. The molecule has 1 atom stereocenters. The van der Waals surface area contributed by atoms with Gasteiger partial charge in [-0.1, -0.05) is 24.3 Å². The number of hydrogen-bond acceptors (Lipinski definition) is 6. The van der Waals surface area contributed by atoms with E-state index in [-0.39, 0.29) is 24.7 Å². The van der Waals surface area contributed by atoms with Crippen molar-refractivity contribution in [2.24, 2.45) is 0 Å². The van der Waals surface area contributed by atoms with E-state index in [1.165, 1.54) is 6.08 Å². The molecule has 0 aliphatic rings. The highest BCUT2D eigenvalue weighted by atomic mass is 16.5. The number of hydrogen-bond donors (Lipinski definition) is 4. The van der Waals surface area contributed by atoms with Gasteiger partial charge in [0.15, 0.2) is 0 Å². The Labute approximate surface area is 226 Å². The molecule has 0 saturated carbocycles. The number of benzene rings is 2. The number of carbonyl (C=O) groups is 2. The number of anilines is 1. The van der Waals surface area contributed by atoms with Crippen molar-refractivity contribution in [2.45, 2.75) is 38.8 Å². The van der Waals surface area contributed by atoms with E-state index in [2.05, 4.69) is 5.32 Å². The molecule has 1 amide bonds. The maximum Gasteiger partial charge on any atom is 0.328 e. The van der Waals surface area contributed by atoms with Gasteiger partial charge < -0.3 is 30.4 Å². The van der Waals surface area contributed by atoms with E-state index < -0.39 is 5.97 Å². The van der Waals surface area contributed by atoms with Crippen molar-refractivity contribution in [3.63, 3.8) is 0 Å². The van der Waals surface area contributed by atoms with Crippen LogP contribution < -0.4 is 15.8 Å². The summed E-state index contributed by atoms with van der Waals surface area (Å²) in [5, 5.41) is 21.5. The number of carbonyl (C=O) groups excluding carboxylic acids is 1. The standard InChI is InChI=1S/C30H32N4O5/c1-19(2)39-27-11-9-23(17-25(27)31)30(38)32-24(13-15-35)16-20-5-7-21(8-6-20)26-18-34-14-3-4-22(29(34)33-26)10-12-28(36)37/h3-12,14,17-19,24,35H,13,15-16,31H2,1-2H3,(H,32,38)(H,36,37)/b12-10+/t24-/m1/s1. The molecular weight excluding hydrogens is 496 g/mol. The van der Waals surface area contributed by atoms with Gasteiger partial charge in [0.25, 0.3) is 5.91 Å². The molecule has 4 aromatic rings. The molecule has 0 radical (unpaired) electrons. The molecule has 0 aliphatic heterocycles. The highest BCUT2D eigenvalue weighted by Gasteiger charge is 2.16. The average Bonchev–Trinajstić information content (AvgIpc) is 3.34. The number of aliphatic carboxylic acids is 1. The second kappa shape index (κ2) is 12.3. The van der Waals surface area contributed by atoms with Crippen molar-refractivity contribution in [1.29, 1.82) is 0 Å². The minimum atomic E-state index is -1.02. The number of fused-ring (bicyclic) bond motifs is 1. The summed E-state index contributed by atoms with van der Waals surface area (Å²) in [6, 6.07) is 16.2. The molecule has 9 nitrogen and oxygen atoms in total. The van der Waals surface area contributed by atoms with Gasteiger partial charge in [-0.15, -0.1) is 0 Å². The summed E-state index contributed by atoms with van der Waals surface area (Å²) < 4.78 is 7.50. The van der Waals surface area contributed by atoms with Crippen molar-refractivity contribution in [3.8, 4) is 17.0 Å². The Morgan fingerprint density at radius 2 is 1.92 bits per heavy atom. The van der Waals surface area contributed by atoms with E-state index in [0.29, 0.717) is 41.1 Å². The van der Waals surface area contributed by atoms with Crippen molar-refractivity contribution in [3.05, 3.63) is 89.8 Å². The van der Waals surface area contributed by atoms with Gasteiger partial charge >= 0.3 is 5.97 Å². The Balaban J connectivity index is 1.46. The fourth-order valence-corrected chi connectivity index (χ4v) is 4.26. The lowest BCUT2D eigenvalue weighted by molar-refractivity contribution is -0.131. The van der Waals surface area contributed by atoms with Gasteiger partial charge in [0, 0.05) is 47.8 Å². The molecule has 9 heteroatoms. The van der Waals surface area contributed by atoms with Gasteiger partial charge in [0.05, 0.1) is 17.5 Å². The molecular formula is C30H32N4O5. The molecule has 5 N–H and O–H groups in total. The first-order valence-corrected chi connectivity index (χ1v) is 12.7. The summed E-state index contributed by atoms with van der Waals surface area (Å²) in [5.41, 5.74) is 10.9. The van der Waals surface area contributed by atoms with Crippen molar-refractivity contribution in [2.75, 3.05) is 12.3 Å². The summed E-state index contributed by atoms with van der Waals surface area (Å²) in [7, 11) is 0. The van der Waals surface area contributed by atoms with Gasteiger partial charge in [0.1, 0.15) is 11.4 Å². The SMILES string of the molecule is CC(C)Oc1ccc(C(=O)N[C@H](CCO)Cc2ccc(-c3cn4cccc(/C=C/C(=O)O)c4n3)cc2)cc1N. The third kappa shape index (κ3) is 7.03. The van der Waals surface area contributed by atoms with Crippen LogP contribution in [0.4, 0.5) is 5.69 Å². The average molecular weight is 529 g/mol. The van der Waals surface area contributed by atoms with E-state index in [9.17, 15) is 14.7 Å². The van der Waals surface area contributed by atoms with E-state index in [1.54, 1.807) is 18.2 Å². The number of pyridine rings is 1. The summed E-state index contributed by atoms with van der Waals surface area (Å²) in [6.45, 7) is 3.75. The molecule has 0 aliphatic carbocycles. The Bertz CT molecular complexity index is 1490. The van der Waals surface area contributed by atoms with Crippen LogP contribution in [-0.4, -0.2) is 50.2 Å². The Morgan fingerprint density at radius 1 is 1.15 bits per heavy atom. The molecule has 2 heterocycles. The predicted octanol–water partition coefficient (Wildman–Crippen LogP) is 4.19. The minimum Gasteiger partial charge on any atom is -0.489 e. The van der Waals surface area contributed by atoms with Crippen molar-refractivity contribution >= 4 is 29.3 Å². The number of nitrogen functional groups attached to an aromatic ring is 1. The highest BCUT2D eigenvalue weighted by Crippen LogP contribution is 2.25. The summed E-state index contributed by atoms with van der Waals surface area (Å²) in [6.07, 6.45) is 7.26. The number of nitrogens with one attached hydrogen (secondary N) is 1. The van der Waals surface area contributed by atoms with Gasteiger partial charge in [-0.2, -0.15) is 0 Å². The quantitative estimate of drug-likeness (QED) is 0.169. The normalized spacial score (nSPS) is 12.2. The number of imidazole rings is 1. The maximum absolute atomic E-state index is 12.9. The predicted molar refractivity (Wildman–Crippen MR) is 151 cm³/mol. The van der Waals surface area contributed by atoms with Crippen LogP contribution in [-0.2, 0) is 11.2 Å². The molecule has 0 saturated heterocycles. The topological polar surface area (TPSA) is 139 Å². The zero-order chi connectivity index (χ0) is 27.9. The van der Waals surface area contributed by atoms with Crippen LogP contribution in [0.2, 0.25) is 0 Å². The van der Waals surface area contributed by atoms with Crippen LogP contribution in [0.1, 0.15) is 41.8 Å². The number of amides is 1. The first kappa shape index (κ1) is 27.4. The monoisotopic (exact) mass is 528 g/mol. The zero-order valence-corrected chi connectivity index (χ0v) is 21.9. The van der Waals surface area contributed by atoms with Gasteiger partial charge in [-0.25, -0.2) is 9.78 Å². The maximum atomic E-state index is 12.9. The first-order valence-electron chi connectivity index (χ1n) is 12.7. The fourth-order valence-electron chi connectivity index (χ4n) is 4.26. The van der Waals surface area contributed by atoms with E-state index in [4.69, 9.17) is 20.6 Å². The second-order valence-corrected chi connectivity index (χ2v) is 9.50. The van der Waals surface area contributed by atoms with E-state index in [0.717, 1.165) is 22.9 Å². The van der Waals surface area contributed by atoms with Gasteiger partial charge in [-0.3, -0.25) is 4.79 Å². The minimum absolute atomic E-state index is 0.0292. The zero-order valence-electron chi connectivity index (χ0n) is 21.9. The molecule has 0 bridgehead atoms. The molecule has 2 aromatic heterocycles. The number of aliphatic hydroxyl groups excluding tert-OH is 1. The number of aliphatic hydroxyl groups is 1. The lowest BCUT2D eigenvalue weighted by Gasteiger charge is -2.19. The van der Waals surface area contributed by atoms with Gasteiger partial charge in [0.2, 0.25) is 0 Å². The molecule has 4 rings (SSSR count). The largest absolute Gasteiger partial charge is 0.489 e. The number of nitrogens with zero attached hydrogens (tertiary/aromatic N) is 2. The Morgan fingerprint density at radius 3 is 2.59 bits per heavy atom. The third-order valence-corrected chi connectivity index (χ3v) is 6.10. The van der Waals surface area contributed by atoms with Crippen LogP contribution >= 0.6 is 0 Å². The molecule has 202 valence electrons. The first-order chi connectivity index (χ1) is 18.7. The summed E-state index contributed by atoms with van der Waals surface area (Å²) in [5.74, 6) is -0.759. The number of rotatable bonds is 11. The second-order valence-electron chi connectivity index (χ2n) is 9.50. The van der Waals surface area contributed by atoms with Crippen LogP contribution in [0, 0.1) is 0 Å². The van der Waals surface area contributed by atoms with Gasteiger partial charge in [-0.05, 0) is 68.7 Å².